The summed E-state index contributed by atoms with van der Waals surface area (Å²) >= 11 is 0. The first-order valence-electron chi connectivity index (χ1n) is 6.31. The van der Waals surface area contributed by atoms with Crippen molar-refractivity contribution in [1.29, 1.82) is 0 Å². The minimum Gasteiger partial charge on any atom is -0.398 e. The number of pyridine rings is 1. The Kier molecular flexibility index (Phi) is 3.99. The fraction of sp³-hybridized carbons (Fsp3) is 0.267. The molecule has 0 spiro atoms. The Labute approximate surface area is 116 Å². The van der Waals surface area contributed by atoms with E-state index in [0.29, 0.717) is 6.42 Å². The molecular weight excluding hydrogens is 260 g/mol. The van der Waals surface area contributed by atoms with Gasteiger partial charge in [-0.05, 0) is 30.2 Å². The van der Waals surface area contributed by atoms with E-state index >= 15 is 0 Å². The lowest BCUT2D eigenvalue weighted by molar-refractivity contribution is 0.427. The summed E-state index contributed by atoms with van der Waals surface area (Å²) < 4.78 is 27.6. The van der Waals surface area contributed by atoms with Gasteiger partial charge in [0.05, 0.1) is 0 Å². The summed E-state index contributed by atoms with van der Waals surface area (Å²) in [7, 11) is 0. The van der Waals surface area contributed by atoms with Crippen LogP contribution in [0.25, 0.3) is 0 Å². The minimum atomic E-state index is -0.929. The molecule has 20 heavy (non-hydrogen) atoms. The first kappa shape index (κ1) is 14.4. The summed E-state index contributed by atoms with van der Waals surface area (Å²) in [5.74, 6) is -1.85. The topological polar surface area (TPSA) is 64.9 Å². The van der Waals surface area contributed by atoms with Gasteiger partial charge in [-0.15, -0.1) is 0 Å². The van der Waals surface area contributed by atoms with Crippen LogP contribution in [-0.2, 0) is 11.8 Å². The van der Waals surface area contributed by atoms with Crippen LogP contribution in [0.1, 0.15) is 18.1 Å². The van der Waals surface area contributed by atoms with E-state index in [0.717, 1.165) is 11.6 Å². The molecule has 0 aliphatic carbocycles. The van der Waals surface area contributed by atoms with Gasteiger partial charge in [0, 0.05) is 35.6 Å². The van der Waals surface area contributed by atoms with E-state index in [9.17, 15) is 8.78 Å². The molecule has 1 unspecified atom stereocenters. The van der Waals surface area contributed by atoms with Gasteiger partial charge in [0.2, 0.25) is 0 Å². The third-order valence-corrected chi connectivity index (χ3v) is 3.50. The summed E-state index contributed by atoms with van der Waals surface area (Å²) in [6.07, 6.45) is 3.77. The molecular formula is C15H17F2N3. The van der Waals surface area contributed by atoms with E-state index in [1.54, 1.807) is 25.4 Å². The van der Waals surface area contributed by atoms with E-state index in [1.807, 2.05) is 6.07 Å². The molecule has 0 bridgehead atoms. The molecule has 1 aromatic carbocycles. The normalized spacial score (nSPS) is 14.0. The number of benzene rings is 1. The van der Waals surface area contributed by atoms with Crippen LogP contribution in [-0.4, -0.2) is 11.5 Å². The number of hydrogen-bond donors (Lipinski definition) is 2. The standard InChI is InChI=1S/C15H17F2N3/c1-15(9-18,7-10-3-2-6-20-8-10)13-12(19)5-4-11(16)14(13)17/h2-6,8H,7,9,18-19H2,1H3. The van der Waals surface area contributed by atoms with E-state index < -0.39 is 17.0 Å². The summed E-state index contributed by atoms with van der Waals surface area (Å²) in [5.41, 5.74) is 12.1. The molecule has 2 rings (SSSR count). The van der Waals surface area contributed by atoms with Crippen molar-refractivity contribution >= 4 is 5.69 Å². The van der Waals surface area contributed by atoms with E-state index in [1.165, 1.54) is 6.07 Å². The highest BCUT2D eigenvalue weighted by Crippen LogP contribution is 2.34. The summed E-state index contributed by atoms with van der Waals surface area (Å²) in [5, 5.41) is 0. The third kappa shape index (κ3) is 2.63. The maximum atomic E-state index is 14.1. The maximum Gasteiger partial charge on any atom is 0.164 e. The van der Waals surface area contributed by atoms with E-state index in [-0.39, 0.29) is 17.8 Å². The van der Waals surface area contributed by atoms with Gasteiger partial charge in [-0.3, -0.25) is 4.98 Å². The average molecular weight is 277 g/mol. The molecule has 1 heterocycles. The number of nitrogens with two attached hydrogens (primary N) is 2. The molecule has 0 amide bonds. The van der Waals surface area contributed by atoms with Crippen LogP contribution in [0, 0.1) is 11.6 Å². The molecule has 2 aromatic rings. The summed E-state index contributed by atoms with van der Waals surface area (Å²) in [6.45, 7) is 1.92. The van der Waals surface area contributed by atoms with Crippen LogP contribution in [0.2, 0.25) is 0 Å². The fourth-order valence-electron chi connectivity index (χ4n) is 2.39. The lowest BCUT2D eigenvalue weighted by atomic mass is 9.76. The smallest absolute Gasteiger partial charge is 0.164 e. The van der Waals surface area contributed by atoms with E-state index in [2.05, 4.69) is 4.98 Å². The number of hydrogen-bond acceptors (Lipinski definition) is 3. The Balaban J connectivity index is 2.48. The van der Waals surface area contributed by atoms with Gasteiger partial charge in [-0.2, -0.15) is 0 Å². The first-order chi connectivity index (χ1) is 9.48. The third-order valence-electron chi connectivity index (χ3n) is 3.50. The zero-order valence-electron chi connectivity index (χ0n) is 11.2. The predicted molar refractivity (Wildman–Crippen MR) is 75.1 cm³/mol. The van der Waals surface area contributed by atoms with Gasteiger partial charge >= 0.3 is 0 Å². The molecule has 0 saturated heterocycles. The van der Waals surface area contributed by atoms with Crippen LogP contribution in [0.5, 0.6) is 0 Å². The zero-order chi connectivity index (χ0) is 14.8. The van der Waals surface area contributed by atoms with Crippen LogP contribution in [0.4, 0.5) is 14.5 Å². The summed E-state index contributed by atoms with van der Waals surface area (Å²) in [4.78, 5) is 4.02. The van der Waals surface area contributed by atoms with Gasteiger partial charge < -0.3 is 11.5 Å². The van der Waals surface area contributed by atoms with Crippen molar-refractivity contribution in [1.82, 2.24) is 4.98 Å². The number of nitrogens with zero attached hydrogens (tertiary/aromatic N) is 1. The Morgan fingerprint density at radius 1 is 1.25 bits per heavy atom. The second-order valence-corrected chi connectivity index (χ2v) is 5.13. The molecule has 3 nitrogen and oxygen atoms in total. The number of anilines is 1. The number of halogens is 2. The minimum absolute atomic E-state index is 0.129. The molecule has 0 aliphatic rings. The van der Waals surface area contributed by atoms with Crippen molar-refractivity contribution in [2.24, 2.45) is 5.73 Å². The monoisotopic (exact) mass is 277 g/mol. The Morgan fingerprint density at radius 3 is 2.60 bits per heavy atom. The molecule has 5 heteroatoms. The average Bonchev–Trinajstić information content (AvgIpc) is 2.44. The van der Waals surface area contributed by atoms with Gasteiger partial charge in [0.15, 0.2) is 11.6 Å². The first-order valence-corrected chi connectivity index (χ1v) is 6.31. The highest BCUT2D eigenvalue weighted by atomic mass is 19.2. The zero-order valence-corrected chi connectivity index (χ0v) is 11.2. The van der Waals surface area contributed by atoms with Crippen LogP contribution < -0.4 is 11.5 Å². The maximum absolute atomic E-state index is 14.1. The van der Waals surface area contributed by atoms with Gasteiger partial charge in [0.25, 0.3) is 0 Å². The van der Waals surface area contributed by atoms with E-state index in [4.69, 9.17) is 11.5 Å². The van der Waals surface area contributed by atoms with Crippen LogP contribution in [0.15, 0.2) is 36.7 Å². The molecule has 0 aliphatic heterocycles. The lowest BCUT2D eigenvalue weighted by Crippen LogP contribution is -2.36. The highest BCUT2D eigenvalue weighted by Gasteiger charge is 2.32. The predicted octanol–water partition coefficient (Wildman–Crippen LogP) is 2.40. The van der Waals surface area contributed by atoms with Crippen LogP contribution >= 0.6 is 0 Å². The molecule has 0 fully saturated rings. The van der Waals surface area contributed by atoms with Crippen molar-refractivity contribution in [2.75, 3.05) is 12.3 Å². The SMILES string of the molecule is CC(CN)(Cc1cccnc1)c1c(N)ccc(F)c1F. The number of rotatable bonds is 4. The Morgan fingerprint density at radius 2 is 2.00 bits per heavy atom. The van der Waals surface area contributed by atoms with Crippen molar-refractivity contribution in [3.63, 3.8) is 0 Å². The van der Waals surface area contributed by atoms with Crippen molar-refractivity contribution < 1.29 is 8.78 Å². The molecule has 1 aromatic heterocycles. The number of aromatic nitrogens is 1. The van der Waals surface area contributed by atoms with Crippen molar-refractivity contribution in [3.05, 3.63) is 59.4 Å². The van der Waals surface area contributed by atoms with Gasteiger partial charge in [-0.25, -0.2) is 8.78 Å². The Hall–Kier alpha value is -2.01. The van der Waals surface area contributed by atoms with Gasteiger partial charge in [-0.1, -0.05) is 13.0 Å². The number of nitrogen functional groups attached to an aromatic ring is 1. The van der Waals surface area contributed by atoms with Crippen LogP contribution in [0.3, 0.4) is 0 Å². The molecule has 106 valence electrons. The van der Waals surface area contributed by atoms with Crippen molar-refractivity contribution in [3.8, 4) is 0 Å². The summed E-state index contributed by atoms with van der Waals surface area (Å²) in [6, 6.07) is 6.05. The lowest BCUT2D eigenvalue weighted by Gasteiger charge is -2.30. The second-order valence-electron chi connectivity index (χ2n) is 5.13. The largest absolute Gasteiger partial charge is 0.398 e. The second kappa shape index (κ2) is 5.54. The van der Waals surface area contributed by atoms with Crippen molar-refractivity contribution in [2.45, 2.75) is 18.8 Å². The fourth-order valence-corrected chi connectivity index (χ4v) is 2.39. The molecule has 0 radical (unpaired) electrons. The Bertz CT molecular complexity index is 602. The molecule has 4 N–H and O–H groups in total. The van der Waals surface area contributed by atoms with Gasteiger partial charge in [0.1, 0.15) is 0 Å². The molecule has 0 saturated carbocycles. The highest BCUT2D eigenvalue weighted by molar-refractivity contribution is 5.52. The molecule has 1 atom stereocenters. The quantitative estimate of drug-likeness (QED) is 0.843.